The Hall–Kier alpha value is -10.6. The van der Waals surface area contributed by atoms with Crippen molar-refractivity contribution in [1.29, 1.82) is 10.5 Å². The Morgan fingerprint density at radius 2 is 0.946 bits per heavy atom. The maximum Gasteiger partial charge on any atom is 0.310 e. The van der Waals surface area contributed by atoms with Crippen LogP contribution in [-0.2, 0) is 0 Å². The molecule has 9 heteroatoms. The lowest BCUT2D eigenvalue weighted by atomic mass is 9.99. The third-order valence-electron chi connectivity index (χ3n) is 15.0. The van der Waals surface area contributed by atoms with Gasteiger partial charge in [-0.25, -0.2) is 0 Å². The van der Waals surface area contributed by atoms with Crippen LogP contribution in [0.5, 0.6) is 0 Å². The number of nitriles is 2. The Labute approximate surface area is 420 Å². The number of rotatable bonds is 4. The highest BCUT2D eigenvalue weighted by Crippen LogP contribution is 2.46. The lowest BCUT2D eigenvalue weighted by Crippen LogP contribution is -2.39. The molecule has 74 heavy (non-hydrogen) atoms. The van der Waals surface area contributed by atoms with Gasteiger partial charge in [-0.2, -0.15) is 15.1 Å². The molecule has 10 aromatic carbocycles. The summed E-state index contributed by atoms with van der Waals surface area (Å²) in [7, 11) is 0. The largest absolute Gasteiger partial charge is 0.455 e. The summed E-state index contributed by atoms with van der Waals surface area (Å²) in [5.74, 6) is 1.85. The van der Waals surface area contributed by atoms with Gasteiger partial charge in [0, 0.05) is 38.4 Å². The Balaban J connectivity index is 1.02. The third-order valence-corrected chi connectivity index (χ3v) is 15.0. The summed E-state index contributed by atoms with van der Waals surface area (Å²) >= 11 is 0. The van der Waals surface area contributed by atoms with E-state index in [-0.39, 0.29) is 0 Å². The van der Waals surface area contributed by atoms with Crippen LogP contribution in [0, 0.1) is 22.7 Å². The average molecular weight is 945 g/mol. The summed E-state index contributed by atoms with van der Waals surface area (Å²) in [4.78, 5) is 11.3. The van der Waals surface area contributed by atoms with Gasteiger partial charge in [-0.15, -0.1) is 0 Å². The van der Waals surface area contributed by atoms with Crippen LogP contribution in [0.15, 0.2) is 215 Å². The minimum atomic E-state index is 0.482. The van der Waals surface area contributed by atoms with Crippen LogP contribution in [0.2, 0.25) is 0 Å². The van der Waals surface area contributed by atoms with Crippen LogP contribution in [0.1, 0.15) is 11.1 Å². The SMILES string of the molecule is N#Cc1ccc(-c2ccc3c(c2)-n2c4cc(ccc4c4c5oc6ccccc6c5ccc42)-[n+]2c(-c4ccccc4)nc(-c4ccc(C#N)cc4-n4c5ccccc5c5c6oc7ccccc7c6ccc54)nc2-3)cc1. The first-order chi connectivity index (χ1) is 36.6. The van der Waals surface area contributed by atoms with Gasteiger partial charge in [-0.05, 0) is 120 Å². The molecule has 1 aliphatic rings. The molecule has 0 amide bonds. The molecule has 1 aliphatic heterocycles. The predicted octanol–water partition coefficient (Wildman–Crippen LogP) is 15.5. The van der Waals surface area contributed by atoms with Crippen molar-refractivity contribution in [3.05, 3.63) is 217 Å². The molecule has 6 heterocycles. The summed E-state index contributed by atoms with van der Waals surface area (Å²) < 4.78 is 20.2. The zero-order valence-corrected chi connectivity index (χ0v) is 39.1. The van der Waals surface area contributed by atoms with E-state index in [0.717, 1.165) is 132 Å². The minimum absolute atomic E-state index is 0.482. The Morgan fingerprint density at radius 3 is 1.65 bits per heavy atom. The standard InChI is InChI=1S/C65H34N7O2/c66-35-37-18-21-39(22-19-37)41-23-26-50-55(33-41)72-53-31-29-46-44-13-6-9-17-58(44)74-62(46)60(53)48-27-24-42(34-56(48)72)70-64(40-10-2-1-3-11-40)68-63(69-65(50)70)49-25-20-38(36-67)32-54(49)71-51-15-7-4-14-47(51)59-52(71)30-28-45-43-12-5-8-16-57(43)73-61(45)59/h1-34H/q+1. The smallest absolute Gasteiger partial charge is 0.310 e. The van der Waals surface area contributed by atoms with E-state index in [4.69, 9.17) is 18.8 Å². The Kier molecular flexibility index (Phi) is 8.11. The molecule has 0 saturated heterocycles. The van der Waals surface area contributed by atoms with E-state index < -0.39 is 0 Å². The highest BCUT2D eigenvalue weighted by atomic mass is 16.3. The van der Waals surface area contributed by atoms with Gasteiger partial charge in [0.2, 0.25) is 0 Å². The molecule has 0 unspecified atom stereocenters. The van der Waals surface area contributed by atoms with E-state index in [2.05, 4.69) is 135 Å². The molecular formula is C65H34N7O2+. The van der Waals surface area contributed by atoms with Gasteiger partial charge in [0.05, 0.1) is 84.2 Å². The fourth-order valence-corrected chi connectivity index (χ4v) is 11.7. The second-order valence-electron chi connectivity index (χ2n) is 18.9. The fourth-order valence-electron chi connectivity index (χ4n) is 11.7. The zero-order chi connectivity index (χ0) is 48.8. The van der Waals surface area contributed by atoms with E-state index in [1.807, 2.05) is 97.1 Å². The first-order valence-corrected chi connectivity index (χ1v) is 24.4. The predicted molar refractivity (Wildman–Crippen MR) is 292 cm³/mol. The van der Waals surface area contributed by atoms with Gasteiger partial charge in [-0.1, -0.05) is 101 Å². The molecule has 0 spiro atoms. The number of fused-ring (bicyclic) bond motifs is 20. The van der Waals surface area contributed by atoms with Crippen LogP contribution in [-0.4, -0.2) is 19.1 Å². The van der Waals surface area contributed by atoms with Gasteiger partial charge in [0.1, 0.15) is 28.0 Å². The molecule has 9 nitrogen and oxygen atoms in total. The van der Waals surface area contributed by atoms with Crippen molar-refractivity contribution in [1.82, 2.24) is 19.1 Å². The minimum Gasteiger partial charge on any atom is -0.455 e. The molecule has 0 saturated carbocycles. The molecule has 340 valence electrons. The summed E-state index contributed by atoms with van der Waals surface area (Å²) in [6.45, 7) is 0. The molecule has 2 bridgehead atoms. The molecule has 0 radical (unpaired) electrons. The van der Waals surface area contributed by atoms with Crippen LogP contribution in [0.25, 0.3) is 150 Å². The van der Waals surface area contributed by atoms with E-state index in [1.165, 1.54) is 0 Å². The number of hydrogen-bond acceptors (Lipinski definition) is 6. The maximum absolute atomic E-state index is 10.6. The highest BCUT2D eigenvalue weighted by Gasteiger charge is 2.34. The molecule has 15 aromatic rings. The quantitative estimate of drug-likeness (QED) is 0.162. The Bertz CT molecular complexity index is 5040. The fraction of sp³-hybridized carbons (Fsp3) is 0. The number of para-hydroxylation sites is 3. The van der Waals surface area contributed by atoms with Gasteiger partial charge in [-0.3, -0.25) is 0 Å². The van der Waals surface area contributed by atoms with Crippen molar-refractivity contribution >= 4 is 87.5 Å². The van der Waals surface area contributed by atoms with Crippen LogP contribution in [0.4, 0.5) is 0 Å². The lowest BCUT2D eigenvalue weighted by Gasteiger charge is -2.20. The van der Waals surface area contributed by atoms with Crippen molar-refractivity contribution in [2.24, 2.45) is 0 Å². The van der Waals surface area contributed by atoms with Crippen molar-refractivity contribution < 1.29 is 13.4 Å². The molecule has 0 N–H and O–H groups in total. The van der Waals surface area contributed by atoms with E-state index >= 15 is 0 Å². The maximum atomic E-state index is 10.6. The average Bonchev–Trinajstić information content (AvgIpc) is 4.24. The van der Waals surface area contributed by atoms with E-state index in [9.17, 15) is 10.5 Å². The van der Waals surface area contributed by atoms with E-state index in [0.29, 0.717) is 28.6 Å². The van der Waals surface area contributed by atoms with E-state index in [1.54, 1.807) is 0 Å². The first-order valence-electron chi connectivity index (χ1n) is 24.4. The van der Waals surface area contributed by atoms with Crippen LogP contribution >= 0.6 is 0 Å². The lowest BCUT2D eigenvalue weighted by molar-refractivity contribution is -0.578. The molecule has 0 aliphatic carbocycles. The topological polar surface area (TPSA) is 113 Å². The second-order valence-corrected chi connectivity index (χ2v) is 18.9. The summed E-state index contributed by atoms with van der Waals surface area (Å²) in [5.41, 5.74) is 15.3. The third kappa shape index (κ3) is 5.52. The number of benzene rings is 10. The zero-order valence-electron chi connectivity index (χ0n) is 39.1. The van der Waals surface area contributed by atoms with Gasteiger partial charge in [0.25, 0.3) is 11.6 Å². The monoisotopic (exact) mass is 944 g/mol. The van der Waals surface area contributed by atoms with Crippen LogP contribution in [0.3, 0.4) is 0 Å². The number of hydrogen-bond donors (Lipinski definition) is 0. The number of aromatic nitrogens is 5. The van der Waals surface area contributed by atoms with Crippen molar-refractivity contribution in [2.45, 2.75) is 0 Å². The molecule has 0 atom stereocenters. The van der Waals surface area contributed by atoms with Gasteiger partial charge in [0.15, 0.2) is 0 Å². The Morgan fingerprint density at radius 1 is 0.392 bits per heavy atom. The molecular weight excluding hydrogens is 911 g/mol. The molecule has 0 fully saturated rings. The second kappa shape index (κ2) is 15.0. The van der Waals surface area contributed by atoms with Gasteiger partial charge < -0.3 is 18.0 Å². The normalized spacial score (nSPS) is 12.0. The van der Waals surface area contributed by atoms with Gasteiger partial charge >= 0.3 is 5.82 Å². The summed E-state index contributed by atoms with van der Waals surface area (Å²) in [6, 6.07) is 75.0. The number of furan rings is 2. The van der Waals surface area contributed by atoms with Crippen molar-refractivity contribution in [2.75, 3.05) is 0 Å². The van der Waals surface area contributed by atoms with Crippen molar-refractivity contribution in [3.63, 3.8) is 0 Å². The van der Waals surface area contributed by atoms with Crippen LogP contribution < -0.4 is 4.57 Å². The first kappa shape index (κ1) is 40.2. The molecule has 16 rings (SSSR count). The summed E-state index contributed by atoms with van der Waals surface area (Å²) in [5, 5.41) is 28.6. The van der Waals surface area contributed by atoms with Crippen molar-refractivity contribution in [3.8, 4) is 74.5 Å². The molecule has 5 aromatic heterocycles. The number of nitrogens with zero attached hydrogens (tertiary/aromatic N) is 7. The highest BCUT2D eigenvalue weighted by molar-refractivity contribution is 6.25. The summed E-state index contributed by atoms with van der Waals surface area (Å²) in [6.07, 6.45) is 0.